The molecule has 0 saturated carbocycles. The van der Waals surface area contributed by atoms with Crippen molar-refractivity contribution in [3.63, 3.8) is 0 Å². The molecule has 3 amide bonds. The van der Waals surface area contributed by atoms with E-state index in [4.69, 9.17) is 4.74 Å². The third-order valence-corrected chi connectivity index (χ3v) is 8.09. The SMILES string of the molecule is CN(Cc1cc2c(nc1C=O)N(C(=O)Nc1cc(N3CC[C@@H](N(C)C)C3)c(C#N)cn1)CCC2)C(=O)[C@H]1CCCO1. The van der Waals surface area contributed by atoms with Crippen molar-refractivity contribution >= 4 is 35.5 Å². The largest absolute Gasteiger partial charge is 0.369 e. The van der Waals surface area contributed by atoms with E-state index in [9.17, 15) is 19.6 Å². The molecule has 2 saturated heterocycles. The van der Waals surface area contributed by atoms with E-state index in [1.165, 1.54) is 11.1 Å². The van der Waals surface area contributed by atoms with Crippen LogP contribution >= 0.6 is 0 Å². The van der Waals surface area contributed by atoms with Gasteiger partial charge >= 0.3 is 6.03 Å². The number of urea groups is 1. The van der Waals surface area contributed by atoms with Gasteiger partial charge < -0.3 is 19.4 Å². The van der Waals surface area contributed by atoms with E-state index in [0.29, 0.717) is 61.1 Å². The number of rotatable bonds is 7. The van der Waals surface area contributed by atoms with Gasteiger partial charge in [0.25, 0.3) is 5.91 Å². The summed E-state index contributed by atoms with van der Waals surface area (Å²) in [5.74, 6) is 0.652. The smallest absolute Gasteiger partial charge is 0.328 e. The van der Waals surface area contributed by atoms with Crippen molar-refractivity contribution in [1.82, 2.24) is 19.8 Å². The van der Waals surface area contributed by atoms with Gasteiger partial charge in [-0.2, -0.15) is 5.26 Å². The average Bonchev–Trinajstić information content (AvgIpc) is 3.69. The zero-order chi connectivity index (χ0) is 29.1. The molecule has 216 valence electrons. The van der Waals surface area contributed by atoms with Crippen LogP contribution in [0, 0.1) is 11.3 Å². The Hall–Kier alpha value is -4.08. The molecule has 12 nitrogen and oxygen atoms in total. The Balaban J connectivity index is 1.34. The number of hydrogen-bond acceptors (Lipinski definition) is 9. The van der Waals surface area contributed by atoms with Crippen LogP contribution in [0.5, 0.6) is 0 Å². The number of nitriles is 1. The molecule has 2 atom stereocenters. The molecule has 3 aliphatic rings. The Morgan fingerprint density at radius 2 is 2.05 bits per heavy atom. The minimum absolute atomic E-state index is 0.112. The van der Waals surface area contributed by atoms with Gasteiger partial charge in [-0.1, -0.05) is 0 Å². The molecule has 0 unspecified atom stereocenters. The summed E-state index contributed by atoms with van der Waals surface area (Å²) in [6.07, 6.45) is 5.66. The second kappa shape index (κ2) is 12.2. The summed E-state index contributed by atoms with van der Waals surface area (Å²) < 4.78 is 5.52. The monoisotopic (exact) mass is 560 g/mol. The summed E-state index contributed by atoms with van der Waals surface area (Å²) in [6, 6.07) is 5.80. The van der Waals surface area contributed by atoms with Gasteiger partial charge in [0.1, 0.15) is 29.5 Å². The van der Waals surface area contributed by atoms with Crippen LogP contribution in [-0.2, 0) is 22.5 Å². The normalized spacial score (nSPS) is 20.1. The maximum atomic E-state index is 13.5. The number of pyridine rings is 2. The van der Waals surface area contributed by atoms with Gasteiger partial charge in [-0.05, 0) is 57.8 Å². The van der Waals surface area contributed by atoms with Crippen molar-refractivity contribution in [1.29, 1.82) is 5.26 Å². The first-order valence-corrected chi connectivity index (χ1v) is 14.0. The zero-order valence-electron chi connectivity index (χ0n) is 23.8. The molecule has 5 heterocycles. The first kappa shape index (κ1) is 28.4. The molecule has 0 bridgehead atoms. The molecule has 0 spiro atoms. The maximum absolute atomic E-state index is 13.5. The Bertz CT molecular complexity index is 1370. The summed E-state index contributed by atoms with van der Waals surface area (Å²) in [5.41, 5.74) is 2.87. The van der Waals surface area contributed by atoms with E-state index in [0.717, 1.165) is 43.6 Å². The number of carbonyl (C=O) groups excluding carboxylic acids is 3. The summed E-state index contributed by atoms with van der Waals surface area (Å²) in [5, 5.41) is 12.5. The van der Waals surface area contributed by atoms with E-state index in [2.05, 4.69) is 31.2 Å². The summed E-state index contributed by atoms with van der Waals surface area (Å²) in [4.78, 5) is 54.5. The Morgan fingerprint density at radius 1 is 1.22 bits per heavy atom. The molecule has 2 fully saturated rings. The number of carbonyl (C=O) groups is 3. The van der Waals surface area contributed by atoms with Crippen LogP contribution in [-0.4, -0.2) is 97.5 Å². The first-order chi connectivity index (χ1) is 19.8. The lowest BCUT2D eigenvalue weighted by atomic mass is 10.0. The van der Waals surface area contributed by atoms with Crippen molar-refractivity contribution in [2.24, 2.45) is 0 Å². The minimum atomic E-state index is -0.444. The van der Waals surface area contributed by atoms with Crippen LogP contribution < -0.4 is 15.1 Å². The molecular formula is C29H36N8O4. The fraction of sp³-hybridized carbons (Fsp3) is 0.517. The maximum Gasteiger partial charge on any atom is 0.328 e. The summed E-state index contributed by atoms with van der Waals surface area (Å²) in [7, 11) is 5.79. The molecule has 12 heteroatoms. The van der Waals surface area contributed by atoms with Gasteiger partial charge in [-0.15, -0.1) is 0 Å². The van der Waals surface area contributed by atoms with Crippen LogP contribution in [0.2, 0.25) is 0 Å². The van der Waals surface area contributed by atoms with Crippen LogP contribution in [0.25, 0.3) is 0 Å². The Morgan fingerprint density at radius 3 is 2.73 bits per heavy atom. The van der Waals surface area contributed by atoms with E-state index >= 15 is 0 Å². The lowest BCUT2D eigenvalue weighted by molar-refractivity contribution is -0.140. The van der Waals surface area contributed by atoms with Gasteiger partial charge in [-0.25, -0.2) is 14.8 Å². The molecular weight excluding hydrogens is 524 g/mol. The lowest BCUT2D eigenvalue weighted by Crippen LogP contribution is -2.40. The number of ether oxygens (including phenoxy) is 1. The van der Waals surface area contributed by atoms with Crippen LogP contribution in [0.4, 0.5) is 22.1 Å². The number of hydrogen-bond donors (Lipinski definition) is 1. The van der Waals surface area contributed by atoms with E-state index in [1.807, 2.05) is 20.2 Å². The fourth-order valence-electron chi connectivity index (χ4n) is 5.76. The highest BCUT2D eigenvalue weighted by Crippen LogP contribution is 2.30. The first-order valence-electron chi connectivity index (χ1n) is 14.0. The summed E-state index contributed by atoms with van der Waals surface area (Å²) >= 11 is 0. The van der Waals surface area contributed by atoms with E-state index in [1.54, 1.807) is 18.0 Å². The standard InChI is InChI=1S/C29H36N8O4/c1-34(2)22-8-10-36(17-22)24-13-26(31-15-21(24)14-30)33-29(40)37-9-4-6-19-12-20(23(18-38)32-27(19)37)16-35(3)28(39)25-7-5-11-41-25/h12-13,15,18,22,25H,4-11,16-17H2,1-3H3,(H,31,33,40)/t22-,25-/m1/s1. The highest BCUT2D eigenvalue weighted by Gasteiger charge is 2.30. The van der Waals surface area contributed by atoms with Gasteiger partial charge in [-0.3, -0.25) is 19.8 Å². The van der Waals surface area contributed by atoms with Crippen LogP contribution in [0.15, 0.2) is 18.3 Å². The van der Waals surface area contributed by atoms with Crippen molar-refractivity contribution in [2.45, 2.75) is 50.8 Å². The molecule has 1 N–H and O–H groups in total. The van der Waals surface area contributed by atoms with Crippen molar-refractivity contribution < 1.29 is 19.1 Å². The van der Waals surface area contributed by atoms with Gasteiger partial charge in [0.15, 0.2) is 6.29 Å². The molecule has 5 rings (SSSR count). The van der Waals surface area contributed by atoms with Gasteiger partial charge in [0.05, 0.1) is 11.3 Å². The number of nitrogens with zero attached hydrogens (tertiary/aromatic N) is 7. The second-order valence-corrected chi connectivity index (χ2v) is 11.1. The Kier molecular flexibility index (Phi) is 8.46. The average molecular weight is 561 g/mol. The Labute approximate surface area is 239 Å². The highest BCUT2D eigenvalue weighted by atomic mass is 16.5. The third kappa shape index (κ3) is 6.01. The van der Waals surface area contributed by atoms with Crippen molar-refractivity contribution in [3.8, 4) is 6.07 Å². The quantitative estimate of drug-likeness (QED) is 0.507. The second-order valence-electron chi connectivity index (χ2n) is 11.1. The predicted octanol–water partition coefficient (Wildman–Crippen LogP) is 2.42. The number of aromatic nitrogens is 2. The zero-order valence-corrected chi connectivity index (χ0v) is 23.8. The number of aldehydes is 1. The molecule has 2 aromatic rings. The third-order valence-electron chi connectivity index (χ3n) is 8.09. The molecule has 41 heavy (non-hydrogen) atoms. The number of amides is 3. The van der Waals surface area contributed by atoms with Crippen molar-refractivity contribution in [3.05, 3.63) is 40.7 Å². The van der Waals surface area contributed by atoms with Gasteiger partial charge in [0.2, 0.25) is 0 Å². The fourth-order valence-corrected chi connectivity index (χ4v) is 5.76. The number of anilines is 3. The molecule has 0 aliphatic carbocycles. The van der Waals surface area contributed by atoms with E-state index < -0.39 is 12.1 Å². The minimum Gasteiger partial charge on any atom is -0.369 e. The number of likely N-dealkylation sites (N-methyl/N-ethyl adjacent to an activating group) is 2. The lowest BCUT2D eigenvalue weighted by Gasteiger charge is -2.30. The van der Waals surface area contributed by atoms with E-state index in [-0.39, 0.29) is 18.1 Å². The van der Waals surface area contributed by atoms with Crippen LogP contribution in [0.3, 0.4) is 0 Å². The molecule has 3 aliphatic heterocycles. The predicted molar refractivity (Wildman–Crippen MR) is 153 cm³/mol. The topological polar surface area (TPSA) is 135 Å². The van der Waals surface area contributed by atoms with Gasteiger partial charge in [0, 0.05) is 63.7 Å². The molecule has 0 radical (unpaired) electrons. The number of nitrogens with one attached hydrogen (secondary N) is 1. The molecule has 0 aromatic carbocycles. The number of aryl methyl sites for hydroxylation is 1. The summed E-state index contributed by atoms with van der Waals surface area (Å²) in [6.45, 7) is 2.83. The molecule has 2 aromatic heterocycles. The highest BCUT2D eigenvalue weighted by molar-refractivity contribution is 6.02. The van der Waals surface area contributed by atoms with Crippen LogP contribution in [0.1, 0.15) is 52.9 Å². The van der Waals surface area contributed by atoms with Crippen molar-refractivity contribution in [2.75, 3.05) is 62.5 Å². The number of fused-ring (bicyclic) bond motifs is 1.